The molecule has 2 fully saturated rings. The van der Waals surface area contributed by atoms with Crippen molar-refractivity contribution >= 4 is 5.97 Å². The Morgan fingerprint density at radius 3 is 2.43 bits per heavy atom. The zero-order chi connectivity index (χ0) is 20.4. The maximum atomic E-state index is 12.5. The number of rotatable bonds is 7. The third-order valence-corrected chi connectivity index (χ3v) is 4.65. The van der Waals surface area contributed by atoms with E-state index in [1.807, 2.05) is 44.2 Å². The molecule has 0 spiro atoms. The first-order valence-corrected chi connectivity index (χ1v) is 9.70. The summed E-state index contributed by atoms with van der Waals surface area (Å²) in [7, 11) is 0. The van der Waals surface area contributed by atoms with Crippen LogP contribution < -0.4 is 0 Å². The molecule has 0 aliphatic carbocycles. The highest BCUT2D eigenvalue weighted by Gasteiger charge is 2.54. The molecule has 1 aromatic rings. The normalized spacial score (nSPS) is 29.5. The molecule has 2 saturated heterocycles. The van der Waals surface area contributed by atoms with Crippen molar-refractivity contribution in [3.8, 4) is 0 Å². The van der Waals surface area contributed by atoms with Crippen molar-refractivity contribution in [1.82, 2.24) is 0 Å². The number of carbonyl (C=O) groups is 1. The van der Waals surface area contributed by atoms with E-state index in [4.69, 9.17) is 28.4 Å². The number of hydrogen-bond acceptors (Lipinski definition) is 7. The molecular weight excluding hydrogens is 364 g/mol. The molecular formula is C21H30O7. The minimum Gasteiger partial charge on any atom is -0.464 e. The van der Waals surface area contributed by atoms with Gasteiger partial charge in [-0.05, 0) is 40.2 Å². The maximum absolute atomic E-state index is 12.5. The molecule has 2 aliphatic rings. The minimum absolute atomic E-state index is 0.261. The van der Waals surface area contributed by atoms with Crippen LogP contribution in [0, 0.1) is 0 Å². The van der Waals surface area contributed by atoms with Gasteiger partial charge in [-0.1, -0.05) is 30.3 Å². The Balaban J connectivity index is 1.82. The van der Waals surface area contributed by atoms with Crippen molar-refractivity contribution in [3.63, 3.8) is 0 Å². The number of esters is 1. The Hall–Kier alpha value is -1.51. The van der Waals surface area contributed by atoms with Crippen molar-refractivity contribution < 1.29 is 33.2 Å². The van der Waals surface area contributed by atoms with Crippen molar-refractivity contribution in [2.75, 3.05) is 13.2 Å². The highest BCUT2D eigenvalue weighted by Crippen LogP contribution is 2.36. The standard InChI is InChI=1S/C21H30O7/c1-6-23-19(22)18-17(27-21(4,5)28-18)16(15-13-25-20(2,3)26-15)24-12-14-10-8-7-9-11-14/h7-11,15-18H,6,12-13H2,1-5H3/t15-,16+,17+,18-/m0/s1. The van der Waals surface area contributed by atoms with E-state index in [2.05, 4.69) is 0 Å². The first-order valence-electron chi connectivity index (χ1n) is 9.70. The second-order valence-corrected chi connectivity index (χ2v) is 7.90. The van der Waals surface area contributed by atoms with Crippen molar-refractivity contribution in [3.05, 3.63) is 35.9 Å². The first-order chi connectivity index (χ1) is 13.2. The van der Waals surface area contributed by atoms with Crippen LogP contribution in [0.2, 0.25) is 0 Å². The lowest BCUT2D eigenvalue weighted by atomic mass is 10.0. The molecule has 0 radical (unpaired) electrons. The molecule has 0 aromatic heterocycles. The predicted molar refractivity (Wildman–Crippen MR) is 100 cm³/mol. The van der Waals surface area contributed by atoms with Gasteiger partial charge in [0.15, 0.2) is 17.7 Å². The summed E-state index contributed by atoms with van der Waals surface area (Å²) in [6, 6.07) is 9.81. The van der Waals surface area contributed by atoms with Crippen molar-refractivity contribution in [2.24, 2.45) is 0 Å². The molecule has 3 rings (SSSR count). The fourth-order valence-corrected chi connectivity index (χ4v) is 3.49. The Morgan fingerprint density at radius 2 is 1.82 bits per heavy atom. The molecule has 0 saturated carbocycles. The van der Waals surface area contributed by atoms with Crippen LogP contribution in [0.25, 0.3) is 0 Å². The van der Waals surface area contributed by atoms with Crippen LogP contribution in [0.4, 0.5) is 0 Å². The fourth-order valence-electron chi connectivity index (χ4n) is 3.49. The summed E-state index contributed by atoms with van der Waals surface area (Å²) in [6.45, 7) is 9.93. The highest BCUT2D eigenvalue weighted by molar-refractivity contribution is 5.76. The third-order valence-electron chi connectivity index (χ3n) is 4.65. The Labute approximate surface area is 166 Å². The van der Waals surface area contributed by atoms with E-state index < -0.39 is 42.0 Å². The van der Waals surface area contributed by atoms with Crippen molar-refractivity contribution in [1.29, 1.82) is 0 Å². The van der Waals surface area contributed by atoms with Crippen molar-refractivity contribution in [2.45, 2.75) is 77.2 Å². The molecule has 0 amide bonds. The summed E-state index contributed by atoms with van der Waals surface area (Å²) in [5.74, 6) is -2.14. The number of benzene rings is 1. The first kappa shape index (κ1) is 21.2. The van der Waals surface area contributed by atoms with E-state index in [1.165, 1.54) is 0 Å². The summed E-state index contributed by atoms with van der Waals surface area (Å²) < 4.78 is 35.1. The van der Waals surface area contributed by atoms with Gasteiger partial charge in [0.2, 0.25) is 0 Å². The van der Waals surface area contributed by atoms with E-state index in [0.29, 0.717) is 13.2 Å². The van der Waals surface area contributed by atoms with Crippen LogP contribution in [0.1, 0.15) is 40.2 Å². The topological polar surface area (TPSA) is 72.5 Å². The molecule has 0 unspecified atom stereocenters. The maximum Gasteiger partial charge on any atom is 0.338 e. The van der Waals surface area contributed by atoms with Crippen LogP contribution in [0.5, 0.6) is 0 Å². The van der Waals surface area contributed by atoms with E-state index in [1.54, 1.807) is 20.8 Å². The number of carbonyl (C=O) groups excluding carboxylic acids is 1. The fraction of sp³-hybridized carbons (Fsp3) is 0.667. The number of hydrogen-bond donors (Lipinski definition) is 0. The van der Waals surface area contributed by atoms with E-state index in [-0.39, 0.29) is 6.61 Å². The second-order valence-electron chi connectivity index (χ2n) is 7.90. The molecule has 2 aliphatic heterocycles. The summed E-state index contributed by atoms with van der Waals surface area (Å²) >= 11 is 0. The molecule has 1 aromatic carbocycles. The average Bonchev–Trinajstić information content (AvgIpc) is 3.15. The zero-order valence-electron chi connectivity index (χ0n) is 17.2. The van der Waals surface area contributed by atoms with Gasteiger partial charge in [-0.25, -0.2) is 4.79 Å². The quantitative estimate of drug-likeness (QED) is 0.659. The molecule has 7 heteroatoms. The lowest BCUT2D eigenvalue weighted by molar-refractivity contribution is -0.190. The van der Waals surface area contributed by atoms with E-state index >= 15 is 0 Å². The summed E-state index contributed by atoms with van der Waals surface area (Å²) in [6.07, 6.45) is -2.56. The highest BCUT2D eigenvalue weighted by atomic mass is 16.8. The van der Waals surface area contributed by atoms with Gasteiger partial charge < -0.3 is 28.4 Å². The Bertz CT molecular complexity index is 658. The lowest BCUT2D eigenvalue weighted by Crippen LogP contribution is -2.49. The monoisotopic (exact) mass is 394 g/mol. The van der Waals surface area contributed by atoms with Crippen LogP contribution >= 0.6 is 0 Å². The average molecular weight is 394 g/mol. The zero-order valence-corrected chi connectivity index (χ0v) is 17.2. The van der Waals surface area contributed by atoms with Gasteiger partial charge in [-0.15, -0.1) is 0 Å². The van der Waals surface area contributed by atoms with Gasteiger partial charge in [0, 0.05) is 0 Å². The largest absolute Gasteiger partial charge is 0.464 e. The van der Waals surface area contributed by atoms with Gasteiger partial charge in [0.05, 0.1) is 19.8 Å². The molecule has 4 atom stereocenters. The predicted octanol–water partition coefficient (Wildman–Crippen LogP) is 2.81. The molecule has 0 bridgehead atoms. The number of ether oxygens (including phenoxy) is 6. The van der Waals surface area contributed by atoms with Crippen LogP contribution in [0.3, 0.4) is 0 Å². The molecule has 0 N–H and O–H groups in total. The van der Waals surface area contributed by atoms with E-state index in [9.17, 15) is 4.79 Å². The van der Waals surface area contributed by atoms with E-state index in [0.717, 1.165) is 5.56 Å². The van der Waals surface area contributed by atoms with Crippen LogP contribution in [-0.2, 0) is 39.8 Å². The van der Waals surface area contributed by atoms with Crippen LogP contribution in [0.15, 0.2) is 30.3 Å². The van der Waals surface area contributed by atoms with Crippen LogP contribution in [-0.4, -0.2) is 55.2 Å². The summed E-state index contributed by atoms with van der Waals surface area (Å²) in [5.41, 5.74) is 1.01. The second kappa shape index (κ2) is 8.47. The smallest absolute Gasteiger partial charge is 0.338 e. The minimum atomic E-state index is -0.939. The molecule has 7 nitrogen and oxygen atoms in total. The lowest BCUT2D eigenvalue weighted by Gasteiger charge is -2.30. The molecule has 156 valence electrons. The van der Waals surface area contributed by atoms with Gasteiger partial charge in [0.1, 0.15) is 18.3 Å². The summed E-state index contributed by atoms with van der Waals surface area (Å²) in [4.78, 5) is 12.5. The van der Waals surface area contributed by atoms with Gasteiger partial charge in [-0.3, -0.25) is 0 Å². The Morgan fingerprint density at radius 1 is 1.11 bits per heavy atom. The molecule has 28 heavy (non-hydrogen) atoms. The molecule has 2 heterocycles. The Kier molecular flexibility index (Phi) is 6.41. The summed E-state index contributed by atoms with van der Waals surface area (Å²) in [5, 5.41) is 0. The van der Waals surface area contributed by atoms with Gasteiger partial charge in [0.25, 0.3) is 0 Å². The van der Waals surface area contributed by atoms with Gasteiger partial charge >= 0.3 is 5.97 Å². The third kappa shape index (κ3) is 5.10. The SMILES string of the molecule is CCOC(=O)[C@H]1OC(C)(C)O[C@@H]1[C@H](OCc1ccccc1)[C@@H]1COC(C)(C)O1. The van der Waals surface area contributed by atoms with Gasteiger partial charge in [-0.2, -0.15) is 0 Å².